The van der Waals surface area contributed by atoms with E-state index in [0.717, 1.165) is 6.29 Å². The summed E-state index contributed by atoms with van der Waals surface area (Å²) in [6.45, 7) is 0. The molecule has 1 aromatic rings. The van der Waals surface area contributed by atoms with Crippen molar-refractivity contribution in [3.63, 3.8) is 0 Å². The standard InChI is InChI=1S/C14H16O4/c15-9-11-6-7-14(18-11)13(17)8-12(16)10-4-2-1-3-5-10/h1-5,9,11,13-14,17H,6-8H2/t11-,13+,14+/m0/s1. The summed E-state index contributed by atoms with van der Waals surface area (Å²) in [5.41, 5.74) is 0.585. The van der Waals surface area contributed by atoms with Crippen molar-refractivity contribution in [3.8, 4) is 0 Å². The lowest BCUT2D eigenvalue weighted by Crippen LogP contribution is -2.29. The van der Waals surface area contributed by atoms with Gasteiger partial charge in [-0.3, -0.25) is 4.79 Å². The summed E-state index contributed by atoms with van der Waals surface area (Å²) in [5, 5.41) is 9.93. The van der Waals surface area contributed by atoms with E-state index in [2.05, 4.69) is 0 Å². The van der Waals surface area contributed by atoms with Gasteiger partial charge in [0, 0.05) is 12.0 Å². The second-order valence-corrected chi connectivity index (χ2v) is 4.49. The first kappa shape index (κ1) is 12.9. The van der Waals surface area contributed by atoms with E-state index < -0.39 is 18.3 Å². The molecule has 1 fully saturated rings. The maximum absolute atomic E-state index is 11.9. The molecule has 1 N–H and O–H groups in total. The van der Waals surface area contributed by atoms with Gasteiger partial charge in [-0.15, -0.1) is 0 Å². The maximum Gasteiger partial charge on any atom is 0.165 e. The third-order valence-electron chi connectivity index (χ3n) is 3.16. The number of benzene rings is 1. The van der Waals surface area contributed by atoms with Gasteiger partial charge in [0.15, 0.2) is 5.78 Å². The number of aldehydes is 1. The molecule has 0 amide bonds. The lowest BCUT2D eigenvalue weighted by Gasteiger charge is -2.17. The normalized spacial score (nSPS) is 24.7. The van der Waals surface area contributed by atoms with Crippen LogP contribution >= 0.6 is 0 Å². The molecule has 0 unspecified atom stereocenters. The highest BCUT2D eigenvalue weighted by atomic mass is 16.5. The summed E-state index contributed by atoms with van der Waals surface area (Å²) >= 11 is 0. The average Bonchev–Trinajstić information content (AvgIpc) is 2.88. The van der Waals surface area contributed by atoms with Gasteiger partial charge in [0.1, 0.15) is 12.4 Å². The topological polar surface area (TPSA) is 63.6 Å². The Hall–Kier alpha value is -1.52. The van der Waals surface area contributed by atoms with Crippen LogP contribution in [0.15, 0.2) is 30.3 Å². The molecule has 0 saturated carbocycles. The Kier molecular flexibility index (Phi) is 4.23. The molecule has 1 heterocycles. The first-order chi connectivity index (χ1) is 8.70. The fourth-order valence-electron chi connectivity index (χ4n) is 2.14. The molecule has 1 aliphatic heterocycles. The number of hydrogen-bond donors (Lipinski definition) is 1. The van der Waals surface area contributed by atoms with Crippen molar-refractivity contribution in [2.45, 2.75) is 37.6 Å². The van der Waals surface area contributed by atoms with Crippen LogP contribution in [-0.2, 0) is 9.53 Å². The van der Waals surface area contributed by atoms with Gasteiger partial charge in [0.2, 0.25) is 0 Å². The minimum atomic E-state index is -0.845. The van der Waals surface area contributed by atoms with E-state index >= 15 is 0 Å². The summed E-state index contributed by atoms with van der Waals surface area (Å²) in [7, 11) is 0. The number of ether oxygens (including phenoxy) is 1. The van der Waals surface area contributed by atoms with Crippen molar-refractivity contribution in [1.82, 2.24) is 0 Å². The molecule has 96 valence electrons. The van der Waals surface area contributed by atoms with Gasteiger partial charge >= 0.3 is 0 Å². The quantitative estimate of drug-likeness (QED) is 0.631. The number of hydrogen-bond acceptors (Lipinski definition) is 4. The van der Waals surface area contributed by atoms with Crippen molar-refractivity contribution < 1.29 is 19.4 Å². The van der Waals surface area contributed by atoms with Gasteiger partial charge in [-0.2, -0.15) is 0 Å². The molecule has 4 heteroatoms. The van der Waals surface area contributed by atoms with E-state index in [0.29, 0.717) is 18.4 Å². The van der Waals surface area contributed by atoms with Gasteiger partial charge in [-0.25, -0.2) is 0 Å². The smallest absolute Gasteiger partial charge is 0.165 e. The Labute approximate surface area is 106 Å². The van der Waals surface area contributed by atoms with Crippen molar-refractivity contribution in [2.75, 3.05) is 0 Å². The molecule has 18 heavy (non-hydrogen) atoms. The molecule has 0 bridgehead atoms. The van der Waals surface area contributed by atoms with Crippen molar-refractivity contribution in [1.29, 1.82) is 0 Å². The van der Waals surface area contributed by atoms with E-state index in [1.165, 1.54) is 0 Å². The van der Waals surface area contributed by atoms with Gasteiger partial charge in [0.25, 0.3) is 0 Å². The lowest BCUT2D eigenvalue weighted by molar-refractivity contribution is -0.119. The summed E-state index contributed by atoms with van der Waals surface area (Å²) < 4.78 is 5.34. The molecule has 1 saturated heterocycles. The summed E-state index contributed by atoms with van der Waals surface area (Å²) in [6, 6.07) is 8.85. The van der Waals surface area contributed by atoms with Crippen LogP contribution in [0.25, 0.3) is 0 Å². The highest BCUT2D eigenvalue weighted by Crippen LogP contribution is 2.23. The van der Waals surface area contributed by atoms with E-state index in [4.69, 9.17) is 4.74 Å². The van der Waals surface area contributed by atoms with Crippen LogP contribution in [0.2, 0.25) is 0 Å². The fraction of sp³-hybridized carbons (Fsp3) is 0.429. The molecular formula is C14H16O4. The first-order valence-electron chi connectivity index (χ1n) is 6.08. The monoisotopic (exact) mass is 248 g/mol. The SMILES string of the molecule is O=C[C@@H]1CC[C@H]([C@H](O)CC(=O)c2ccccc2)O1. The Morgan fingerprint density at radius 3 is 2.72 bits per heavy atom. The molecule has 1 aromatic carbocycles. The van der Waals surface area contributed by atoms with Crippen LogP contribution < -0.4 is 0 Å². The highest BCUT2D eigenvalue weighted by Gasteiger charge is 2.31. The van der Waals surface area contributed by atoms with Crippen LogP contribution in [0.3, 0.4) is 0 Å². The molecule has 0 radical (unpaired) electrons. The van der Waals surface area contributed by atoms with Crippen molar-refractivity contribution in [3.05, 3.63) is 35.9 Å². The number of aliphatic hydroxyl groups is 1. The Morgan fingerprint density at radius 1 is 1.39 bits per heavy atom. The van der Waals surface area contributed by atoms with Gasteiger partial charge in [-0.05, 0) is 12.8 Å². The van der Waals surface area contributed by atoms with Gasteiger partial charge in [-0.1, -0.05) is 30.3 Å². The second-order valence-electron chi connectivity index (χ2n) is 4.49. The van der Waals surface area contributed by atoms with Crippen molar-refractivity contribution in [2.24, 2.45) is 0 Å². The molecule has 1 aliphatic rings. The second kappa shape index (κ2) is 5.89. The van der Waals surface area contributed by atoms with Crippen LogP contribution in [0, 0.1) is 0 Å². The highest BCUT2D eigenvalue weighted by molar-refractivity contribution is 5.96. The van der Waals surface area contributed by atoms with Crippen LogP contribution in [0.1, 0.15) is 29.6 Å². The minimum absolute atomic E-state index is 0.0280. The third kappa shape index (κ3) is 3.03. The molecule has 3 atom stereocenters. The zero-order chi connectivity index (χ0) is 13.0. The largest absolute Gasteiger partial charge is 0.390 e. The Balaban J connectivity index is 1.90. The molecule has 4 nitrogen and oxygen atoms in total. The number of carbonyl (C=O) groups excluding carboxylic acids is 2. The van der Waals surface area contributed by atoms with Crippen LogP contribution in [0.4, 0.5) is 0 Å². The average molecular weight is 248 g/mol. The van der Waals surface area contributed by atoms with E-state index in [1.807, 2.05) is 6.07 Å². The number of aliphatic hydroxyl groups excluding tert-OH is 1. The Morgan fingerprint density at radius 2 is 2.11 bits per heavy atom. The summed E-state index contributed by atoms with van der Waals surface area (Å²) in [5.74, 6) is -0.110. The molecular weight excluding hydrogens is 232 g/mol. The predicted molar refractivity (Wildman–Crippen MR) is 65.4 cm³/mol. The zero-order valence-electron chi connectivity index (χ0n) is 9.99. The summed E-state index contributed by atoms with van der Waals surface area (Å²) in [6.07, 6.45) is 0.315. The van der Waals surface area contributed by atoms with E-state index in [-0.39, 0.29) is 12.2 Å². The number of ketones is 1. The van der Waals surface area contributed by atoms with E-state index in [1.54, 1.807) is 24.3 Å². The van der Waals surface area contributed by atoms with Gasteiger partial charge < -0.3 is 14.6 Å². The molecule has 2 rings (SSSR count). The number of Topliss-reactive ketones (excluding diaryl/α,β-unsaturated/α-hetero) is 1. The number of carbonyl (C=O) groups is 2. The lowest BCUT2D eigenvalue weighted by atomic mass is 10.0. The Bertz CT molecular complexity index is 415. The van der Waals surface area contributed by atoms with Crippen LogP contribution in [-0.4, -0.2) is 35.5 Å². The van der Waals surface area contributed by atoms with Crippen LogP contribution in [0.5, 0.6) is 0 Å². The van der Waals surface area contributed by atoms with E-state index in [9.17, 15) is 14.7 Å². The fourth-order valence-corrected chi connectivity index (χ4v) is 2.14. The molecule has 0 aliphatic carbocycles. The third-order valence-corrected chi connectivity index (χ3v) is 3.16. The first-order valence-corrected chi connectivity index (χ1v) is 6.08. The molecule has 0 aromatic heterocycles. The predicted octanol–water partition coefficient (Wildman–Crippen LogP) is 1.37. The summed E-state index contributed by atoms with van der Waals surface area (Å²) in [4.78, 5) is 22.4. The maximum atomic E-state index is 11.9. The van der Waals surface area contributed by atoms with Crippen molar-refractivity contribution >= 4 is 12.1 Å². The minimum Gasteiger partial charge on any atom is -0.390 e. The molecule has 0 spiro atoms. The van der Waals surface area contributed by atoms with Gasteiger partial charge in [0.05, 0.1) is 12.2 Å². The number of rotatable bonds is 5. The zero-order valence-corrected chi connectivity index (χ0v) is 9.99.